The minimum absolute atomic E-state index is 0.214. The predicted molar refractivity (Wildman–Crippen MR) is 65.2 cm³/mol. The summed E-state index contributed by atoms with van der Waals surface area (Å²) in [7, 11) is -7.40. The molecule has 0 spiro atoms. The Morgan fingerprint density at radius 2 is 1.44 bits per heavy atom. The Balaban J connectivity index is 4.70. The lowest BCUT2D eigenvalue weighted by Crippen LogP contribution is -2.41. The lowest BCUT2D eigenvalue weighted by molar-refractivity contribution is 0.204. The van der Waals surface area contributed by atoms with Crippen LogP contribution in [-0.4, -0.2) is 86.6 Å². The lowest BCUT2D eigenvalue weighted by atomic mass is 10.5. The van der Waals surface area contributed by atoms with Crippen molar-refractivity contribution in [2.75, 3.05) is 44.1 Å². The number of hydrogen-bond donors (Lipinski definition) is 3. The predicted octanol–water partition coefficient (Wildman–Crippen LogP) is -2.99. The molecular formula is C8H19NO7S2. The fraction of sp³-hybridized carbons (Fsp3) is 1.00. The first-order valence-corrected chi connectivity index (χ1v) is 8.84. The second-order valence-electron chi connectivity index (χ2n) is 3.87. The van der Waals surface area contributed by atoms with E-state index in [2.05, 4.69) is 0 Å². The molecule has 0 rings (SSSR count). The van der Waals surface area contributed by atoms with Crippen LogP contribution in [0.1, 0.15) is 0 Å². The average Bonchev–Trinajstić information content (AvgIpc) is 2.13. The molecule has 0 heterocycles. The summed E-state index contributed by atoms with van der Waals surface area (Å²) in [5.74, 6) is -1.42. The van der Waals surface area contributed by atoms with Crippen molar-refractivity contribution in [3.05, 3.63) is 0 Å². The van der Waals surface area contributed by atoms with Crippen LogP contribution in [0.2, 0.25) is 0 Å². The first-order valence-electron chi connectivity index (χ1n) is 5.17. The van der Waals surface area contributed by atoms with E-state index in [1.54, 1.807) is 0 Å². The van der Waals surface area contributed by atoms with Crippen LogP contribution < -0.4 is 0 Å². The van der Waals surface area contributed by atoms with Crippen molar-refractivity contribution < 1.29 is 32.2 Å². The highest BCUT2D eigenvalue weighted by Crippen LogP contribution is 2.04. The van der Waals surface area contributed by atoms with E-state index in [1.807, 2.05) is 0 Å². The summed E-state index contributed by atoms with van der Waals surface area (Å²) in [6, 6.07) is 0. The molecule has 18 heavy (non-hydrogen) atoms. The second-order valence-corrected chi connectivity index (χ2v) is 8.07. The minimum atomic E-state index is -3.92. The van der Waals surface area contributed by atoms with Gasteiger partial charge < -0.3 is 15.3 Å². The molecule has 0 radical (unpaired) electrons. The third kappa shape index (κ3) is 7.24. The van der Waals surface area contributed by atoms with Crippen molar-refractivity contribution in [3.63, 3.8) is 0 Å². The molecular weight excluding hydrogens is 286 g/mol. The Morgan fingerprint density at radius 1 is 1.00 bits per heavy atom. The number of rotatable bonds is 9. The molecule has 0 aromatic carbocycles. The molecule has 0 aliphatic rings. The molecule has 0 aliphatic carbocycles. The third-order valence-corrected chi connectivity index (χ3v) is 4.94. The molecule has 8 nitrogen and oxygen atoms in total. The van der Waals surface area contributed by atoms with Crippen LogP contribution in [0.25, 0.3) is 0 Å². The zero-order valence-corrected chi connectivity index (χ0v) is 11.7. The van der Waals surface area contributed by atoms with Gasteiger partial charge >= 0.3 is 0 Å². The number of hydrogen-bond acceptors (Lipinski definition) is 7. The van der Waals surface area contributed by atoms with Gasteiger partial charge in [-0.25, -0.2) is 16.8 Å². The van der Waals surface area contributed by atoms with Gasteiger partial charge in [0.2, 0.25) is 10.0 Å². The molecule has 0 aromatic rings. The topological polar surface area (TPSA) is 132 Å². The van der Waals surface area contributed by atoms with Gasteiger partial charge in [-0.1, -0.05) is 0 Å². The van der Waals surface area contributed by atoms with Gasteiger partial charge in [0.1, 0.15) is 9.84 Å². The summed E-state index contributed by atoms with van der Waals surface area (Å²) < 4.78 is 46.1. The Hall–Kier alpha value is -0.260. The SMILES string of the molecule is CS(=O)(=O)CC(O)CS(=O)(=O)N(CCO)CCO. The summed E-state index contributed by atoms with van der Waals surface area (Å²) in [4.78, 5) is 0. The fourth-order valence-electron chi connectivity index (χ4n) is 1.36. The van der Waals surface area contributed by atoms with Crippen molar-refractivity contribution in [3.8, 4) is 0 Å². The molecule has 0 amide bonds. The molecule has 0 saturated heterocycles. The maximum Gasteiger partial charge on any atom is 0.216 e. The number of sulfone groups is 1. The maximum atomic E-state index is 11.8. The third-order valence-electron chi connectivity index (χ3n) is 1.99. The van der Waals surface area contributed by atoms with E-state index in [-0.39, 0.29) is 13.1 Å². The van der Waals surface area contributed by atoms with E-state index in [1.165, 1.54) is 0 Å². The highest BCUT2D eigenvalue weighted by atomic mass is 32.2. The van der Waals surface area contributed by atoms with Crippen LogP contribution in [0.15, 0.2) is 0 Å². The number of sulfonamides is 1. The van der Waals surface area contributed by atoms with Crippen LogP contribution in [-0.2, 0) is 19.9 Å². The van der Waals surface area contributed by atoms with Crippen LogP contribution >= 0.6 is 0 Å². The molecule has 0 aliphatic heterocycles. The molecule has 3 N–H and O–H groups in total. The fourth-order valence-corrected chi connectivity index (χ4v) is 3.86. The van der Waals surface area contributed by atoms with Crippen LogP contribution in [0, 0.1) is 0 Å². The number of nitrogens with zero attached hydrogens (tertiary/aromatic N) is 1. The first kappa shape index (κ1) is 17.7. The van der Waals surface area contributed by atoms with Crippen molar-refractivity contribution >= 4 is 19.9 Å². The van der Waals surface area contributed by atoms with Crippen molar-refractivity contribution in [2.45, 2.75) is 6.10 Å². The van der Waals surface area contributed by atoms with Gasteiger partial charge in [-0.3, -0.25) is 0 Å². The Morgan fingerprint density at radius 3 is 1.78 bits per heavy atom. The van der Waals surface area contributed by atoms with E-state index >= 15 is 0 Å². The van der Waals surface area contributed by atoms with Gasteiger partial charge in [0, 0.05) is 19.3 Å². The molecule has 110 valence electrons. The van der Waals surface area contributed by atoms with Gasteiger partial charge in [0.25, 0.3) is 0 Å². The first-order chi connectivity index (χ1) is 8.12. The average molecular weight is 305 g/mol. The van der Waals surface area contributed by atoms with Gasteiger partial charge in [-0.15, -0.1) is 0 Å². The van der Waals surface area contributed by atoms with Crippen molar-refractivity contribution in [1.82, 2.24) is 4.31 Å². The standard InChI is InChI=1S/C8H19NO7S2/c1-17(13,14)6-8(12)7-18(15,16)9(2-4-10)3-5-11/h8,10-12H,2-7H2,1H3. The summed E-state index contributed by atoms with van der Waals surface area (Å²) in [6.07, 6.45) is -0.646. The van der Waals surface area contributed by atoms with Gasteiger partial charge in [-0.05, 0) is 0 Å². The smallest absolute Gasteiger partial charge is 0.216 e. The van der Waals surface area contributed by atoms with E-state index < -0.39 is 50.7 Å². The minimum Gasteiger partial charge on any atom is -0.395 e. The van der Waals surface area contributed by atoms with Crippen LogP contribution in [0.4, 0.5) is 0 Å². The summed E-state index contributed by atoms with van der Waals surface area (Å²) >= 11 is 0. The summed E-state index contributed by atoms with van der Waals surface area (Å²) in [5, 5.41) is 26.8. The molecule has 10 heteroatoms. The molecule has 0 aromatic heterocycles. The Kier molecular flexibility index (Phi) is 7.25. The highest BCUT2D eigenvalue weighted by molar-refractivity contribution is 7.91. The van der Waals surface area contributed by atoms with Gasteiger partial charge in [-0.2, -0.15) is 4.31 Å². The highest BCUT2D eigenvalue weighted by Gasteiger charge is 2.26. The van der Waals surface area contributed by atoms with Crippen LogP contribution in [0.5, 0.6) is 0 Å². The van der Waals surface area contributed by atoms with E-state index in [9.17, 15) is 21.9 Å². The lowest BCUT2D eigenvalue weighted by Gasteiger charge is -2.21. The Labute approximate surface area is 107 Å². The van der Waals surface area contributed by atoms with Crippen LogP contribution in [0.3, 0.4) is 0 Å². The molecule has 0 saturated carbocycles. The molecule has 1 unspecified atom stereocenters. The molecule has 0 bridgehead atoms. The quantitative estimate of drug-likeness (QED) is 0.414. The van der Waals surface area contributed by atoms with Crippen molar-refractivity contribution in [2.24, 2.45) is 0 Å². The number of aliphatic hydroxyl groups is 3. The summed E-state index contributed by atoms with van der Waals surface area (Å²) in [5.41, 5.74) is 0. The van der Waals surface area contributed by atoms with E-state index in [0.717, 1.165) is 10.6 Å². The van der Waals surface area contributed by atoms with Crippen molar-refractivity contribution in [1.29, 1.82) is 0 Å². The zero-order valence-electron chi connectivity index (χ0n) is 10.1. The maximum absolute atomic E-state index is 11.8. The van der Waals surface area contributed by atoms with Gasteiger partial charge in [0.05, 0.1) is 30.8 Å². The van der Waals surface area contributed by atoms with E-state index in [0.29, 0.717) is 0 Å². The van der Waals surface area contributed by atoms with Gasteiger partial charge in [0.15, 0.2) is 0 Å². The monoisotopic (exact) mass is 305 g/mol. The van der Waals surface area contributed by atoms with E-state index in [4.69, 9.17) is 10.2 Å². The molecule has 0 fully saturated rings. The summed E-state index contributed by atoms with van der Waals surface area (Å²) in [6.45, 7) is -1.29. The molecule has 1 atom stereocenters. The second kappa shape index (κ2) is 7.36. The largest absolute Gasteiger partial charge is 0.395 e. The Bertz CT molecular complexity index is 424. The zero-order chi connectivity index (χ0) is 14.4. The number of aliphatic hydroxyl groups excluding tert-OH is 3. The normalized spacial score (nSPS) is 14.9.